The third-order valence-corrected chi connectivity index (χ3v) is 3.67. The van der Waals surface area contributed by atoms with Crippen molar-refractivity contribution >= 4 is 11.8 Å². The zero-order chi connectivity index (χ0) is 13.8. The molecule has 0 saturated carbocycles. The fraction of sp³-hybridized carbons (Fsp3) is 0.333. The van der Waals surface area contributed by atoms with Crippen LogP contribution in [-0.4, -0.2) is 14.8 Å². The van der Waals surface area contributed by atoms with E-state index in [1.54, 1.807) is 0 Å². The molecule has 4 nitrogen and oxygen atoms in total. The van der Waals surface area contributed by atoms with E-state index in [2.05, 4.69) is 10.2 Å². The topological polar surface area (TPSA) is 56.7 Å². The lowest BCUT2D eigenvalue weighted by Gasteiger charge is -2.06. The maximum Gasteiger partial charge on any atom is 0.191 e. The van der Waals surface area contributed by atoms with Gasteiger partial charge >= 0.3 is 0 Å². The molecule has 2 rings (SSSR count). The molecule has 0 saturated heterocycles. The summed E-state index contributed by atoms with van der Waals surface area (Å²) in [4.78, 5) is 0. The predicted octanol–water partition coefficient (Wildman–Crippen LogP) is 2.33. The molecule has 0 unspecified atom stereocenters. The monoisotopic (exact) mass is 284 g/mol. The summed E-state index contributed by atoms with van der Waals surface area (Å²) in [6.07, 6.45) is 0. The Morgan fingerprint density at radius 1 is 1.32 bits per heavy atom. The van der Waals surface area contributed by atoms with Crippen LogP contribution in [0.3, 0.4) is 0 Å². The first kappa shape index (κ1) is 14.0. The number of benzene rings is 1. The van der Waals surface area contributed by atoms with Crippen molar-refractivity contribution in [3.05, 3.63) is 41.2 Å². The number of rotatable bonds is 5. The molecular formula is C12H14F2N4S. The fourth-order valence-corrected chi connectivity index (χ4v) is 2.69. The minimum absolute atomic E-state index is 0.298. The highest BCUT2D eigenvalue weighted by molar-refractivity contribution is 7.98. The van der Waals surface area contributed by atoms with E-state index in [1.807, 2.05) is 11.5 Å². The van der Waals surface area contributed by atoms with E-state index in [9.17, 15) is 8.78 Å². The summed E-state index contributed by atoms with van der Waals surface area (Å²) in [5, 5.41) is 8.62. The Balaban J connectivity index is 2.14. The molecule has 7 heteroatoms. The normalized spacial score (nSPS) is 10.9. The van der Waals surface area contributed by atoms with Crippen molar-refractivity contribution in [1.29, 1.82) is 0 Å². The van der Waals surface area contributed by atoms with Crippen LogP contribution in [0.4, 0.5) is 8.78 Å². The molecule has 0 amide bonds. The molecule has 1 aromatic heterocycles. The number of hydrogen-bond acceptors (Lipinski definition) is 4. The van der Waals surface area contributed by atoms with Crippen molar-refractivity contribution < 1.29 is 8.78 Å². The smallest absolute Gasteiger partial charge is 0.191 e. The van der Waals surface area contributed by atoms with Gasteiger partial charge in [0.2, 0.25) is 0 Å². The lowest BCUT2D eigenvalue weighted by atomic mass is 10.2. The predicted molar refractivity (Wildman–Crippen MR) is 69.5 cm³/mol. The summed E-state index contributed by atoms with van der Waals surface area (Å²) in [6.45, 7) is 2.94. The van der Waals surface area contributed by atoms with Crippen molar-refractivity contribution in [2.75, 3.05) is 0 Å². The Labute approximate surface area is 114 Å². The van der Waals surface area contributed by atoms with Crippen LogP contribution in [0.2, 0.25) is 0 Å². The van der Waals surface area contributed by atoms with Crippen LogP contribution in [0.5, 0.6) is 0 Å². The van der Waals surface area contributed by atoms with Gasteiger partial charge in [-0.1, -0.05) is 11.8 Å². The van der Waals surface area contributed by atoms with Gasteiger partial charge in [0.1, 0.15) is 17.5 Å². The largest absolute Gasteiger partial charge is 0.324 e. The third-order valence-electron chi connectivity index (χ3n) is 2.66. The second-order valence-electron chi connectivity index (χ2n) is 3.87. The van der Waals surface area contributed by atoms with Crippen LogP contribution in [0, 0.1) is 11.6 Å². The number of halogens is 2. The zero-order valence-electron chi connectivity index (χ0n) is 10.4. The molecule has 1 aromatic carbocycles. The highest BCUT2D eigenvalue weighted by atomic mass is 32.2. The van der Waals surface area contributed by atoms with Gasteiger partial charge in [0.25, 0.3) is 0 Å². The Bertz CT molecular complexity index is 571. The molecule has 0 fully saturated rings. The molecule has 0 radical (unpaired) electrons. The van der Waals surface area contributed by atoms with Gasteiger partial charge in [0, 0.05) is 17.9 Å². The first-order valence-electron chi connectivity index (χ1n) is 5.84. The van der Waals surface area contributed by atoms with Gasteiger partial charge in [-0.05, 0) is 25.1 Å². The standard InChI is InChI=1S/C12H14F2N4S/c1-2-18-11(6-15)16-17-12(18)19-7-8-5-9(13)3-4-10(8)14/h3-5H,2,6-7,15H2,1H3. The van der Waals surface area contributed by atoms with Crippen molar-refractivity contribution in [2.24, 2.45) is 5.73 Å². The van der Waals surface area contributed by atoms with Gasteiger partial charge in [0.15, 0.2) is 5.16 Å². The highest BCUT2D eigenvalue weighted by Crippen LogP contribution is 2.23. The van der Waals surface area contributed by atoms with Gasteiger partial charge in [-0.15, -0.1) is 10.2 Å². The van der Waals surface area contributed by atoms with E-state index < -0.39 is 11.6 Å². The minimum Gasteiger partial charge on any atom is -0.324 e. The van der Waals surface area contributed by atoms with Crippen molar-refractivity contribution in [3.63, 3.8) is 0 Å². The lowest BCUT2D eigenvalue weighted by molar-refractivity contribution is 0.591. The van der Waals surface area contributed by atoms with E-state index in [1.165, 1.54) is 17.8 Å². The van der Waals surface area contributed by atoms with Crippen LogP contribution < -0.4 is 5.73 Å². The van der Waals surface area contributed by atoms with Crippen LogP contribution in [0.1, 0.15) is 18.3 Å². The average molecular weight is 284 g/mol. The number of nitrogens with zero attached hydrogens (tertiary/aromatic N) is 3. The first-order chi connectivity index (χ1) is 9.15. The van der Waals surface area contributed by atoms with E-state index in [-0.39, 0.29) is 0 Å². The summed E-state index contributed by atoms with van der Waals surface area (Å²) in [5.74, 6) is 0.114. The average Bonchev–Trinajstić information content (AvgIpc) is 2.81. The maximum absolute atomic E-state index is 13.5. The van der Waals surface area contributed by atoms with Gasteiger partial charge < -0.3 is 10.3 Å². The minimum atomic E-state index is -0.448. The molecule has 0 aliphatic carbocycles. The maximum atomic E-state index is 13.5. The fourth-order valence-electron chi connectivity index (χ4n) is 1.69. The second-order valence-corrected chi connectivity index (χ2v) is 4.81. The summed E-state index contributed by atoms with van der Waals surface area (Å²) >= 11 is 1.31. The van der Waals surface area contributed by atoms with Crippen LogP contribution >= 0.6 is 11.8 Å². The summed E-state index contributed by atoms with van der Waals surface area (Å²) in [7, 11) is 0. The molecule has 0 atom stereocenters. The molecule has 1 heterocycles. The van der Waals surface area contributed by atoms with E-state index >= 15 is 0 Å². The molecule has 2 aromatic rings. The van der Waals surface area contributed by atoms with Crippen molar-refractivity contribution in [3.8, 4) is 0 Å². The van der Waals surface area contributed by atoms with Crippen LogP contribution in [0.15, 0.2) is 23.4 Å². The molecule has 0 aliphatic rings. The van der Waals surface area contributed by atoms with E-state index in [0.717, 1.165) is 12.1 Å². The van der Waals surface area contributed by atoms with Gasteiger partial charge in [0.05, 0.1) is 6.54 Å². The number of thioether (sulfide) groups is 1. The summed E-state index contributed by atoms with van der Waals surface area (Å²) in [6, 6.07) is 3.42. The van der Waals surface area contributed by atoms with E-state index in [4.69, 9.17) is 5.73 Å². The highest BCUT2D eigenvalue weighted by Gasteiger charge is 2.11. The zero-order valence-corrected chi connectivity index (χ0v) is 11.3. The SMILES string of the molecule is CCn1c(CN)nnc1SCc1cc(F)ccc1F. The first-order valence-corrected chi connectivity index (χ1v) is 6.83. The van der Waals surface area contributed by atoms with E-state index in [0.29, 0.717) is 35.4 Å². The third kappa shape index (κ3) is 3.10. The summed E-state index contributed by atoms with van der Waals surface area (Å²) < 4.78 is 28.4. The Morgan fingerprint density at radius 3 is 2.79 bits per heavy atom. The molecule has 19 heavy (non-hydrogen) atoms. The summed E-state index contributed by atoms with van der Waals surface area (Å²) in [5.41, 5.74) is 5.86. The molecular weight excluding hydrogens is 270 g/mol. The molecule has 2 N–H and O–H groups in total. The molecule has 0 bridgehead atoms. The van der Waals surface area contributed by atoms with Gasteiger partial charge in [-0.25, -0.2) is 8.78 Å². The number of nitrogens with two attached hydrogens (primary N) is 1. The van der Waals surface area contributed by atoms with Gasteiger partial charge in [-0.2, -0.15) is 0 Å². The molecule has 0 aliphatic heterocycles. The van der Waals surface area contributed by atoms with Gasteiger partial charge in [-0.3, -0.25) is 0 Å². The van der Waals surface area contributed by atoms with Crippen LogP contribution in [0.25, 0.3) is 0 Å². The second kappa shape index (κ2) is 6.12. The van der Waals surface area contributed by atoms with Crippen LogP contribution in [-0.2, 0) is 18.8 Å². The Morgan fingerprint density at radius 2 is 2.11 bits per heavy atom. The molecule has 0 spiro atoms. The molecule has 102 valence electrons. The van der Waals surface area contributed by atoms with Crippen molar-refractivity contribution in [1.82, 2.24) is 14.8 Å². The number of aromatic nitrogens is 3. The Kier molecular flexibility index (Phi) is 4.49. The lowest BCUT2D eigenvalue weighted by Crippen LogP contribution is -2.08. The quantitative estimate of drug-likeness (QED) is 0.856. The van der Waals surface area contributed by atoms with Crippen molar-refractivity contribution in [2.45, 2.75) is 30.9 Å². The Hall–Kier alpha value is -1.47. The number of hydrogen-bond donors (Lipinski definition) is 1.